The van der Waals surface area contributed by atoms with Gasteiger partial charge in [0.1, 0.15) is 26.9 Å². The first-order chi connectivity index (χ1) is 17.7. The second-order valence-corrected chi connectivity index (χ2v) is 11.8. The van der Waals surface area contributed by atoms with Crippen LogP contribution < -0.4 is 21.7 Å². The average molecular weight is 525 g/mol. The third kappa shape index (κ3) is 4.24. The number of nitrogens with zero attached hydrogens (tertiary/aromatic N) is 3. The zero-order valence-corrected chi connectivity index (χ0v) is 22.1. The largest absolute Gasteiger partial charge is 0.397 e. The van der Waals surface area contributed by atoms with E-state index in [1.807, 2.05) is 19.9 Å². The molecule has 3 aliphatic rings. The Morgan fingerprint density at radius 3 is 2.92 bits per heavy atom. The van der Waals surface area contributed by atoms with Crippen molar-refractivity contribution in [3.8, 4) is 0 Å². The van der Waals surface area contributed by atoms with E-state index in [9.17, 15) is 4.79 Å². The molecule has 0 bridgehead atoms. The number of rotatable bonds is 3. The van der Waals surface area contributed by atoms with Gasteiger partial charge in [-0.15, -0.1) is 11.3 Å². The molecule has 2 saturated heterocycles. The van der Waals surface area contributed by atoms with Gasteiger partial charge in [0.05, 0.1) is 18.3 Å². The van der Waals surface area contributed by atoms with E-state index < -0.39 is 0 Å². The number of amides is 1. The highest BCUT2D eigenvalue weighted by atomic mass is 32.1. The van der Waals surface area contributed by atoms with Crippen molar-refractivity contribution in [2.75, 3.05) is 30.3 Å². The van der Waals surface area contributed by atoms with Crippen LogP contribution in [0.3, 0.4) is 0 Å². The normalized spacial score (nSPS) is 25.6. The number of thiophene rings is 1. The fourth-order valence-electron chi connectivity index (χ4n) is 6.21. The van der Waals surface area contributed by atoms with Crippen LogP contribution in [-0.2, 0) is 17.6 Å². The molecule has 2 fully saturated rings. The number of carbonyl (C=O) groups is 1. The Morgan fingerprint density at radius 1 is 1.30 bits per heavy atom. The third-order valence-corrected chi connectivity index (χ3v) is 9.25. The minimum Gasteiger partial charge on any atom is -0.397 e. The van der Waals surface area contributed by atoms with Crippen LogP contribution in [0.2, 0.25) is 0 Å². The monoisotopic (exact) mass is 524 g/mol. The minimum absolute atomic E-state index is 0.113. The van der Waals surface area contributed by atoms with E-state index in [-0.39, 0.29) is 29.4 Å². The lowest BCUT2D eigenvalue weighted by molar-refractivity contribution is -0.0717. The van der Waals surface area contributed by atoms with Gasteiger partial charge in [-0.2, -0.15) is 0 Å². The van der Waals surface area contributed by atoms with E-state index in [1.54, 1.807) is 0 Å². The van der Waals surface area contributed by atoms with Crippen LogP contribution in [-0.4, -0.2) is 53.3 Å². The quantitative estimate of drug-likeness (QED) is 0.480. The molecule has 3 atom stereocenters. The van der Waals surface area contributed by atoms with Crippen LogP contribution in [0.5, 0.6) is 0 Å². The summed E-state index contributed by atoms with van der Waals surface area (Å²) in [7, 11) is 0. The number of nitrogens with two attached hydrogens (primary N) is 2. The molecule has 3 aromatic rings. The highest BCUT2D eigenvalue weighted by molar-refractivity contribution is 7.21. The van der Waals surface area contributed by atoms with Gasteiger partial charge in [0.2, 0.25) is 0 Å². The number of halogens is 1. The first-order valence-electron chi connectivity index (χ1n) is 13.0. The van der Waals surface area contributed by atoms with Crippen molar-refractivity contribution < 1.29 is 13.9 Å². The zero-order valence-electron chi connectivity index (χ0n) is 21.3. The average Bonchev–Trinajstić information content (AvgIpc) is 3.36. The van der Waals surface area contributed by atoms with Gasteiger partial charge < -0.3 is 26.4 Å². The standard InChI is InChI=1S/C27H33FN6O2S/c1-14-9-15(2)31-26-22(14)23(30)24(37-26)25(35)32-16-5-6-19-17(10-16)18(28)11-21(33-19)34-12-20(29)27(13-34)7-3-4-8-36-27/h9,11,16,20H,3-8,10,12-13,29-30H2,1-2H3,(H,32,35). The van der Waals surface area contributed by atoms with Crippen LogP contribution in [0, 0.1) is 19.7 Å². The number of carbonyl (C=O) groups excluding carboxylic acids is 1. The maximum atomic E-state index is 15.4. The molecule has 0 aromatic carbocycles. The van der Waals surface area contributed by atoms with Crippen LogP contribution in [0.25, 0.3) is 10.2 Å². The summed E-state index contributed by atoms with van der Waals surface area (Å²) < 4.78 is 21.5. The Morgan fingerprint density at radius 2 is 2.14 bits per heavy atom. The van der Waals surface area contributed by atoms with Gasteiger partial charge in [0.25, 0.3) is 5.91 Å². The molecule has 1 aliphatic carbocycles. The van der Waals surface area contributed by atoms with E-state index in [0.29, 0.717) is 54.3 Å². The van der Waals surface area contributed by atoms with E-state index >= 15 is 4.39 Å². The lowest BCUT2D eigenvalue weighted by atomic mass is 9.89. The highest BCUT2D eigenvalue weighted by Gasteiger charge is 2.47. The van der Waals surface area contributed by atoms with Gasteiger partial charge in [-0.05, 0) is 64.0 Å². The van der Waals surface area contributed by atoms with E-state index in [2.05, 4.69) is 15.2 Å². The topological polar surface area (TPSA) is 119 Å². The summed E-state index contributed by atoms with van der Waals surface area (Å²) in [6.07, 6.45) is 4.76. The van der Waals surface area contributed by atoms with Gasteiger partial charge in [-0.1, -0.05) is 0 Å². The summed E-state index contributed by atoms with van der Waals surface area (Å²) in [5, 5.41) is 3.91. The molecule has 5 N–H and O–H groups in total. The van der Waals surface area contributed by atoms with Crippen LogP contribution in [0.4, 0.5) is 15.9 Å². The molecule has 5 heterocycles. The molecular formula is C27H33FN6O2S. The predicted molar refractivity (Wildman–Crippen MR) is 144 cm³/mol. The van der Waals surface area contributed by atoms with E-state index in [4.69, 9.17) is 21.2 Å². The Hall–Kier alpha value is -2.82. The summed E-state index contributed by atoms with van der Waals surface area (Å²) in [6.45, 7) is 5.87. The Bertz CT molecular complexity index is 1390. The number of pyridine rings is 2. The van der Waals surface area contributed by atoms with Gasteiger partial charge >= 0.3 is 0 Å². The number of hydrogen-bond donors (Lipinski definition) is 3. The van der Waals surface area contributed by atoms with Crippen molar-refractivity contribution in [1.82, 2.24) is 15.3 Å². The fourth-order valence-corrected chi connectivity index (χ4v) is 7.33. The second kappa shape index (κ2) is 9.18. The summed E-state index contributed by atoms with van der Waals surface area (Å²) >= 11 is 1.30. The predicted octanol–water partition coefficient (Wildman–Crippen LogP) is 3.40. The summed E-state index contributed by atoms with van der Waals surface area (Å²) in [5.41, 5.74) is 16.2. The number of aryl methyl sites for hydroxylation is 3. The summed E-state index contributed by atoms with van der Waals surface area (Å²) in [6, 6.07) is 3.17. The Kier molecular flexibility index (Phi) is 6.08. The smallest absolute Gasteiger partial charge is 0.263 e. The molecule has 0 radical (unpaired) electrons. The molecule has 3 aromatic heterocycles. The lowest BCUT2D eigenvalue weighted by Crippen LogP contribution is -2.51. The van der Waals surface area contributed by atoms with Crippen molar-refractivity contribution >= 4 is 39.0 Å². The molecule has 8 nitrogen and oxygen atoms in total. The van der Waals surface area contributed by atoms with Crippen molar-refractivity contribution in [1.29, 1.82) is 0 Å². The minimum atomic E-state index is -0.358. The number of nitrogen functional groups attached to an aromatic ring is 1. The number of hydrogen-bond acceptors (Lipinski definition) is 8. The zero-order chi connectivity index (χ0) is 25.9. The SMILES string of the molecule is Cc1cc(C)c2c(N)c(C(=O)NC3CCc4nc(N5CC(N)C6(CCCCO6)C5)cc(F)c4C3)sc2n1. The van der Waals surface area contributed by atoms with Crippen molar-refractivity contribution in [2.24, 2.45) is 5.73 Å². The van der Waals surface area contributed by atoms with Gasteiger partial charge in [0, 0.05) is 47.6 Å². The molecule has 6 rings (SSSR count). The number of ether oxygens (including phenoxy) is 1. The molecule has 3 unspecified atom stereocenters. The van der Waals surface area contributed by atoms with Crippen molar-refractivity contribution in [3.63, 3.8) is 0 Å². The fraction of sp³-hybridized carbons (Fsp3) is 0.519. The number of nitrogens with one attached hydrogen (secondary N) is 1. The molecular weight excluding hydrogens is 491 g/mol. The number of aromatic nitrogens is 2. The Labute approximate surface area is 219 Å². The van der Waals surface area contributed by atoms with Gasteiger partial charge in [-0.25, -0.2) is 14.4 Å². The first-order valence-corrected chi connectivity index (χ1v) is 13.9. The second-order valence-electron chi connectivity index (χ2n) is 10.8. The number of anilines is 2. The molecule has 196 valence electrons. The third-order valence-electron chi connectivity index (χ3n) is 8.15. The van der Waals surface area contributed by atoms with Crippen LogP contribution in [0.1, 0.15) is 57.9 Å². The van der Waals surface area contributed by atoms with Gasteiger partial charge in [0.15, 0.2) is 0 Å². The Balaban J connectivity index is 1.18. The molecule has 37 heavy (non-hydrogen) atoms. The first kappa shape index (κ1) is 24.5. The van der Waals surface area contributed by atoms with Crippen LogP contribution in [0.15, 0.2) is 12.1 Å². The maximum absolute atomic E-state index is 15.4. The summed E-state index contributed by atoms with van der Waals surface area (Å²) in [5.74, 6) is 0.103. The lowest BCUT2D eigenvalue weighted by Gasteiger charge is -2.36. The number of fused-ring (bicyclic) bond motifs is 2. The van der Waals surface area contributed by atoms with Crippen molar-refractivity contribution in [3.05, 3.63) is 45.3 Å². The molecule has 1 spiro atoms. The summed E-state index contributed by atoms with van der Waals surface area (Å²) in [4.78, 5) is 25.8. The van der Waals surface area contributed by atoms with Gasteiger partial charge in [-0.3, -0.25) is 4.79 Å². The van der Waals surface area contributed by atoms with Crippen molar-refractivity contribution in [2.45, 2.75) is 70.1 Å². The van der Waals surface area contributed by atoms with E-state index in [0.717, 1.165) is 53.0 Å². The molecule has 1 amide bonds. The molecule has 2 aliphatic heterocycles. The van der Waals surface area contributed by atoms with E-state index in [1.165, 1.54) is 17.4 Å². The maximum Gasteiger partial charge on any atom is 0.263 e. The molecule has 10 heteroatoms. The highest BCUT2D eigenvalue weighted by Crippen LogP contribution is 2.37. The molecule has 0 saturated carbocycles. The van der Waals surface area contributed by atoms with Crippen LogP contribution >= 0.6 is 11.3 Å².